The van der Waals surface area contributed by atoms with E-state index >= 15 is 0 Å². The van der Waals surface area contributed by atoms with E-state index < -0.39 is 0 Å². The van der Waals surface area contributed by atoms with Gasteiger partial charge >= 0.3 is 0 Å². The number of aromatic nitrogens is 2. The van der Waals surface area contributed by atoms with E-state index in [1.165, 1.54) is 5.56 Å². The van der Waals surface area contributed by atoms with Gasteiger partial charge in [-0.2, -0.15) is 0 Å². The highest BCUT2D eigenvalue weighted by atomic mass is 16.5. The summed E-state index contributed by atoms with van der Waals surface area (Å²) in [6.45, 7) is 0.709. The van der Waals surface area contributed by atoms with Crippen LogP contribution in [0.3, 0.4) is 0 Å². The molecule has 154 valence electrons. The third-order valence-corrected chi connectivity index (χ3v) is 5.48. The Bertz CT molecular complexity index is 1020. The van der Waals surface area contributed by atoms with Gasteiger partial charge in [-0.15, -0.1) is 0 Å². The largest absolute Gasteiger partial charge is 0.497 e. The van der Waals surface area contributed by atoms with Gasteiger partial charge in [0.15, 0.2) is 5.78 Å². The van der Waals surface area contributed by atoms with E-state index in [9.17, 15) is 4.79 Å². The van der Waals surface area contributed by atoms with Crippen LogP contribution in [0.15, 0.2) is 54.7 Å². The second kappa shape index (κ2) is 8.95. The molecule has 6 nitrogen and oxygen atoms in total. The summed E-state index contributed by atoms with van der Waals surface area (Å²) in [6, 6.07) is 15.9. The zero-order valence-electron chi connectivity index (χ0n) is 17.2. The predicted octanol–water partition coefficient (Wildman–Crippen LogP) is 4.06. The van der Waals surface area contributed by atoms with Crippen molar-refractivity contribution >= 4 is 11.7 Å². The van der Waals surface area contributed by atoms with Crippen LogP contribution in [-0.2, 0) is 12.8 Å². The Balaban J connectivity index is 1.42. The SMILES string of the molecule is COc1ccc(CCNc2ncc3c(n2)C[C@H](c2ccc(OC)cc2)CC3=O)cc1. The summed E-state index contributed by atoms with van der Waals surface area (Å²) in [5.74, 6) is 2.44. The zero-order valence-corrected chi connectivity index (χ0v) is 17.2. The number of nitrogens with zero attached hydrogens (tertiary/aromatic N) is 2. The van der Waals surface area contributed by atoms with Gasteiger partial charge in [-0.25, -0.2) is 9.97 Å². The number of methoxy groups -OCH3 is 2. The molecule has 1 heterocycles. The Morgan fingerprint density at radius 2 is 1.63 bits per heavy atom. The highest BCUT2D eigenvalue weighted by molar-refractivity contribution is 5.98. The maximum Gasteiger partial charge on any atom is 0.222 e. The molecule has 30 heavy (non-hydrogen) atoms. The lowest BCUT2D eigenvalue weighted by Crippen LogP contribution is -2.21. The number of carbonyl (C=O) groups is 1. The Morgan fingerprint density at radius 1 is 0.967 bits per heavy atom. The van der Waals surface area contributed by atoms with Crippen LogP contribution in [0.2, 0.25) is 0 Å². The molecule has 1 aliphatic carbocycles. The minimum atomic E-state index is 0.0989. The number of ether oxygens (including phenoxy) is 2. The number of nitrogens with one attached hydrogen (secondary N) is 1. The van der Waals surface area contributed by atoms with E-state index in [0.717, 1.165) is 35.6 Å². The van der Waals surface area contributed by atoms with Crippen molar-refractivity contribution in [3.8, 4) is 11.5 Å². The normalized spacial score (nSPS) is 15.4. The second-order valence-corrected chi connectivity index (χ2v) is 7.38. The molecule has 0 aliphatic heterocycles. The third kappa shape index (κ3) is 4.43. The summed E-state index contributed by atoms with van der Waals surface area (Å²) in [6.07, 6.45) is 3.71. The average molecular weight is 403 g/mol. The molecule has 0 unspecified atom stereocenters. The maximum absolute atomic E-state index is 12.6. The third-order valence-electron chi connectivity index (χ3n) is 5.48. The molecule has 1 N–H and O–H groups in total. The van der Waals surface area contributed by atoms with Crippen LogP contribution in [0.1, 0.15) is 39.5 Å². The molecule has 4 rings (SSSR count). The molecule has 3 aromatic rings. The van der Waals surface area contributed by atoms with E-state index in [4.69, 9.17) is 9.47 Å². The lowest BCUT2D eigenvalue weighted by Gasteiger charge is -2.23. The van der Waals surface area contributed by atoms with Crippen molar-refractivity contribution < 1.29 is 14.3 Å². The van der Waals surface area contributed by atoms with Crippen LogP contribution in [-0.4, -0.2) is 36.5 Å². The first kappa shape index (κ1) is 19.9. The van der Waals surface area contributed by atoms with E-state index in [-0.39, 0.29) is 11.7 Å². The molecule has 0 spiro atoms. The van der Waals surface area contributed by atoms with Crippen molar-refractivity contribution in [3.05, 3.63) is 77.1 Å². The smallest absolute Gasteiger partial charge is 0.222 e. The Hall–Kier alpha value is -3.41. The number of fused-ring (bicyclic) bond motifs is 1. The Kier molecular flexibility index (Phi) is 5.93. The summed E-state index contributed by atoms with van der Waals surface area (Å²) < 4.78 is 10.4. The minimum absolute atomic E-state index is 0.0989. The molecule has 1 aromatic heterocycles. The molecule has 0 bridgehead atoms. The number of benzene rings is 2. The lowest BCUT2D eigenvalue weighted by molar-refractivity contribution is 0.0962. The van der Waals surface area contributed by atoms with Crippen molar-refractivity contribution in [2.75, 3.05) is 26.1 Å². The van der Waals surface area contributed by atoms with E-state index in [1.54, 1.807) is 20.4 Å². The minimum Gasteiger partial charge on any atom is -0.497 e. The molecule has 0 saturated heterocycles. The first-order valence-electron chi connectivity index (χ1n) is 10.1. The van der Waals surface area contributed by atoms with E-state index in [1.807, 2.05) is 48.5 Å². The first-order chi connectivity index (χ1) is 14.7. The van der Waals surface area contributed by atoms with Crippen molar-refractivity contribution in [1.82, 2.24) is 9.97 Å². The van der Waals surface area contributed by atoms with E-state index in [0.29, 0.717) is 24.5 Å². The van der Waals surface area contributed by atoms with Gasteiger partial charge in [0.25, 0.3) is 0 Å². The van der Waals surface area contributed by atoms with Gasteiger partial charge in [0, 0.05) is 19.2 Å². The first-order valence-corrected chi connectivity index (χ1v) is 10.1. The lowest BCUT2D eigenvalue weighted by atomic mass is 9.82. The van der Waals surface area contributed by atoms with Crippen LogP contribution in [0.5, 0.6) is 11.5 Å². The monoisotopic (exact) mass is 403 g/mol. The fourth-order valence-corrected chi connectivity index (χ4v) is 3.75. The topological polar surface area (TPSA) is 73.3 Å². The molecule has 0 radical (unpaired) electrons. The van der Waals surface area contributed by atoms with Crippen LogP contribution in [0, 0.1) is 0 Å². The zero-order chi connectivity index (χ0) is 20.9. The summed E-state index contributed by atoms with van der Waals surface area (Å²) in [5.41, 5.74) is 3.79. The fourth-order valence-electron chi connectivity index (χ4n) is 3.75. The molecule has 0 fully saturated rings. The number of Topliss-reactive ketones (excluding diaryl/α,β-unsaturated/α-hetero) is 1. The quantitative estimate of drug-likeness (QED) is 0.641. The summed E-state index contributed by atoms with van der Waals surface area (Å²) >= 11 is 0. The van der Waals surface area contributed by atoms with Crippen LogP contribution < -0.4 is 14.8 Å². The van der Waals surface area contributed by atoms with Gasteiger partial charge in [-0.05, 0) is 54.2 Å². The van der Waals surface area contributed by atoms with Crippen LogP contribution in [0.4, 0.5) is 5.95 Å². The van der Waals surface area contributed by atoms with Crippen molar-refractivity contribution in [3.63, 3.8) is 0 Å². The number of anilines is 1. The standard InChI is InChI=1S/C24H25N3O3/c1-29-19-7-3-16(4-8-19)11-12-25-24-26-15-21-22(27-24)13-18(14-23(21)28)17-5-9-20(30-2)10-6-17/h3-10,15,18H,11-14H2,1-2H3,(H,25,26,27)/t18-/m0/s1. The Labute approximate surface area is 176 Å². The highest BCUT2D eigenvalue weighted by Gasteiger charge is 2.28. The Morgan fingerprint density at radius 3 is 2.30 bits per heavy atom. The molecule has 1 aliphatic rings. The molecular weight excluding hydrogens is 378 g/mol. The highest BCUT2D eigenvalue weighted by Crippen LogP contribution is 2.32. The van der Waals surface area contributed by atoms with Gasteiger partial charge in [-0.3, -0.25) is 4.79 Å². The van der Waals surface area contributed by atoms with Crippen LogP contribution >= 0.6 is 0 Å². The van der Waals surface area contributed by atoms with E-state index in [2.05, 4.69) is 15.3 Å². The molecule has 0 saturated carbocycles. The van der Waals surface area contributed by atoms with Crippen LogP contribution in [0.25, 0.3) is 0 Å². The maximum atomic E-state index is 12.6. The number of ketones is 1. The van der Waals surface area contributed by atoms with Gasteiger partial charge < -0.3 is 14.8 Å². The average Bonchev–Trinajstić information content (AvgIpc) is 2.79. The second-order valence-electron chi connectivity index (χ2n) is 7.38. The molecule has 6 heteroatoms. The van der Waals surface area contributed by atoms with Gasteiger partial charge in [0.2, 0.25) is 5.95 Å². The van der Waals surface area contributed by atoms with Crippen molar-refractivity contribution in [2.24, 2.45) is 0 Å². The van der Waals surface area contributed by atoms with Gasteiger partial charge in [0.1, 0.15) is 11.5 Å². The molecule has 0 amide bonds. The predicted molar refractivity (Wildman–Crippen MR) is 116 cm³/mol. The van der Waals surface area contributed by atoms with Crippen molar-refractivity contribution in [2.45, 2.75) is 25.2 Å². The van der Waals surface area contributed by atoms with Crippen molar-refractivity contribution in [1.29, 1.82) is 0 Å². The summed E-state index contributed by atoms with van der Waals surface area (Å²) in [4.78, 5) is 21.6. The number of rotatable bonds is 7. The summed E-state index contributed by atoms with van der Waals surface area (Å²) in [5, 5.41) is 3.28. The molecule has 1 atom stereocenters. The number of hydrogen-bond donors (Lipinski definition) is 1. The summed E-state index contributed by atoms with van der Waals surface area (Å²) in [7, 11) is 3.31. The van der Waals surface area contributed by atoms with Gasteiger partial charge in [0.05, 0.1) is 25.5 Å². The number of carbonyl (C=O) groups excluding carboxylic acids is 1. The fraction of sp³-hybridized carbons (Fsp3) is 0.292. The molecule has 2 aromatic carbocycles. The number of hydrogen-bond acceptors (Lipinski definition) is 6. The van der Waals surface area contributed by atoms with Gasteiger partial charge in [-0.1, -0.05) is 24.3 Å². The molecular formula is C24H25N3O3.